The first-order valence-electron chi connectivity index (χ1n) is 5.82. The Bertz CT molecular complexity index is 131. The molecule has 0 saturated heterocycles. The Morgan fingerprint density at radius 3 is 1.43 bits per heavy atom. The van der Waals surface area contributed by atoms with E-state index in [4.69, 9.17) is 0 Å². The van der Waals surface area contributed by atoms with Crippen molar-refractivity contribution in [1.29, 1.82) is 0 Å². The summed E-state index contributed by atoms with van der Waals surface area (Å²) in [6.07, 6.45) is 2.81. The summed E-state index contributed by atoms with van der Waals surface area (Å²) in [6, 6.07) is 0. The summed E-state index contributed by atoms with van der Waals surface area (Å²) in [4.78, 5) is 0. The summed E-state index contributed by atoms with van der Waals surface area (Å²) in [7, 11) is -0.759. The molecule has 0 fully saturated rings. The number of hydrogen-bond acceptors (Lipinski definition) is 0. The summed E-state index contributed by atoms with van der Waals surface area (Å²) < 4.78 is 0. The van der Waals surface area contributed by atoms with E-state index in [2.05, 4.69) is 57.5 Å². The maximum atomic E-state index is 3.57. The van der Waals surface area contributed by atoms with E-state index in [1.165, 1.54) is 17.9 Å². The van der Waals surface area contributed by atoms with E-state index < -0.39 is 7.26 Å². The predicted octanol–water partition coefficient (Wildman–Crippen LogP) is 5.01. The smallest absolute Gasteiger partial charge is 0.0646 e. The molecule has 0 nitrogen and oxygen atoms in total. The predicted molar refractivity (Wildman–Crippen MR) is 75.6 cm³/mol. The number of rotatable bonds is 6. The van der Waals surface area contributed by atoms with Crippen molar-refractivity contribution in [3.63, 3.8) is 0 Å². The monoisotopic (exact) mass is 281 g/mol. The fourth-order valence-electron chi connectivity index (χ4n) is 2.90. The topological polar surface area (TPSA) is 0 Å². The van der Waals surface area contributed by atoms with Crippen LogP contribution in [0.4, 0.5) is 0 Å². The SMILES string of the molecule is CC(C)[P+](CCCBr)(C(C)C)C(C)C. The molecule has 0 spiro atoms. The van der Waals surface area contributed by atoms with Crippen molar-refractivity contribution in [3.8, 4) is 0 Å². The van der Waals surface area contributed by atoms with Gasteiger partial charge in [0.15, 0.2) is 0 Å². The Labute approximate surface area is 99.7 Å². The summed E-state index contributed by atoms with van der Waals surface area (Å²) >= 11 is 3.57. The van der Waals surface area contributed by atoms with Crippen LogP contribution >= 0.6 is 23.2 Å². The van der Waals surface area contributed by atoms with Crippen molar-refractivity contribution >= 4 is 23.2 Å². The standard InChI is InChI=1S/C12H27BrP/c1-10(2)14(11(3)4,12(5)6)9-7-8-13/h10-12H,7-9H2,1-6H3/q+1. The average Bonchev–Trinajstić information content (AvgIpc) is 2.03. The lowest BCUT2D eigenvalue weighted by molar-refractivity contribution is 0.887. The normalized spacial score (nSPS) is 13.3. The van der Waals surface area contributed by atoms with Crippen LogP contribution in [-0.4, -0.2) is 28.5 Å². The van der Waals surface area contributed by atoms with Crippen LogP contribution in [0.2, 0.25) is 0 Å². The second kappa shape index (κ2) is 6.48. The van der Waals surface area contributed by atoms with E-state index >= 15 is 0 Å². The van der Waals surface area contributed by atoms with Gasteiger partial charge in [0.05, 0.1) is 23.1 Å². The van der Waals surface area contributed by atoms with Crippen LogP contribution in [0.5, 0.6) is 0 Å². The zero-order valence-electron chi connectivity index (χ0n) is 10.7. The van der Waals surface area contributed by atoms with Crippen LogP contribution in [0.25, 0.3) is 0 Å². The zero-order valence-corrected chi connectivity index (χ0v) is 13.2. The molecule has 0 aliphatic carbocycles. The van der Waals surface area contributed by atoms with Crippen LogP contribution in [0.3, 0.4) is 0 Å². The summed E-state index contributed by atoms with van der Waals surface area (Å²) in [5.41, 5.74) is 2.67. The lowest BCUT2D eigenvalue weighted by Gasteiger charge is -2.38. The summed E-state index contributed by atoms with van der Waals surface area (Å²) in [6.45, 7) is 14.6. The van der Waals surface area contributed by atoms with E-state index in [1.807, 2.05) is 0 Å². The molecule has 0 bridgehead atoms. The Morgan fingerprint density at radius 1 is 0.857 bits per heavy atom. The van der Waals surface area contributed by atoms with Crippen molar-refractivity contribution in [3.05, 3.63) is 0 Å². The summed E-state index contributed by atoms with van der Waals surface area (Å²) in [5.74, 6) is 0. The van der Waals surface area contributed by atoms with Crippen LogP contribution in [0.1, 0.15) is 48.0 Å². The van der Waals surface area contributed by atoms with Gasteiger partial charge in [0, 0.05) is 12.6 Å². The van der Waals surface area contributed by atoms with Crippen LogP contribution in [0.15, 0.2) is 0 Å². The molecule has 0 aliphatic heterocycles. The van der Waals surface area contributed by atoms with Gasteiger partial charge in [-0.2, -0.15) is 0 Å². The Morgan fingerprint density at radius 2 is 1.21 bits per heavy atom. The lowest BCUT2D eigenvalue weighted by Crippen LogP contribution is -2.26. The molecule has 0 rings (SSSR count). The molecule has 0 N–H and O–H groups in total. The number of halogens is 1. The molecule has 0 amide bonds. The fourth-order valence-corrected chi connectivity index (χ4v) is 9.44. The van der Waals surface area contributed by atoms with Crippen LogP contribution in [-0.2, 0) is 0 Å². The van der Waals surface area contributed by atoms with Crippen molar-refractivity contribution < 1.29 is 0 Å². The first-order valence-corrected chi connectivity index (χ1v) is 9.13. The van der Waals surface area contributed by atoms with Gasteiger partial charge >= 0.3 is 0 Å². The van der Waals surface area contributed by atoms with Crippen LogP contribution < -0.4 is 0 Å². The highest BCUT2D eigenvalue weighted by molar-refractivity contribution is 9.09. The molecule has 86 valence electrons. The summed E-state index contributed by atoms with van der Waals surface area (Å²) in [5, 5.41) is 1.17. The van der Waals surface area contributed by atoms with Crippen molar-refractivity contribution in [1.82, 2.24) is 0 Å². The van der Waals surface area contributed by atoms with Crippen LogP contribution in [0, 0.1) is 0 Å². The third kappa shape index (κ3) is 3.20. The van der Waals surface area contributed by atoms with Gasteiger partial charge in [0.25, 0.3) is 0 Å². The minimum absolute atomic E-state index is 0.759. The van der Waals surface area contributed by atoms with Gasteiger partial charge in [0.2, 0.25) is 0 Å². The molecule has 0 radical (unpaired) electrons. The molecular weight excluding hydrogens is 255 g/mol. The molecule has 2 heteroatoms. The first kappa shape index (κ1) is 14.9. The van der Waals surface area contributed by atoms with Crippen molar-refractivity contribution in [2.75, 3.05) is 11.5 Å². The molecule has 0 aromatic carbocycles. The van der Waals surface area contributed by atoms with E-state index in [1.54, 1.807) is 0 Å². The Hall–Kier alpha value is 0.910. The van der Waals surface area contributed by atoms with E-state index in [-0.39, 0.29) is 0 Å². The number of hydrogen-bond donors (Lipinski definition) is 0. The molecule has 0 aromatic heterocycles. The Kier molecular flexibility index (Phi) is 6.90. The third-order valence-electron chi connectivity index (χ3n) is 3.56. The molecule has 0 aliphatic rings. The highest BCUT2D eigenvalue weighted by Crippen LogP contribution is 2.70. The van der Waals surface area contributed by atoms with E-state index in [9.17, 15) is 0 Å². The third-order valence-corrected chi connectivity index (χ3v) is 11.0. The fraction of sp³-hybridized carbons (Fsp3) is 1.00. The molecule has 0 saturated carbocycles. The van der Waals surface area contributed by atoms with Crippen molar-refractivity contribution in [2.45, 2.75) is 64.9 Å². The largest absolute Gasteiger partial charge is 0.0927 e. The molecule has 0 atom stereocenters. The highest BCUT2D eigenvalue weighted by atomic mass is 79.9. The maximum absolute atomic E-state index is 3.57. The van der Waals surface area contributed by atoms with Gasteiger partial charge < -0.3 is 0 Å². The van der Waals surface area contributed by atoms with Gasteiger partial charge in [-0.1, -0.05) is 15.9 Å². The minimum atomic E-state index is -0.759. The molecular formula is C12H27BrP+. The zero-order chi connectivity index (χ0) is 11.4. The molecule has 0 aromatic rings. The number of alkyl halides is 1. The second-order valence-corrected chi connectivity index (χ2v) is 11.4. The second-order valence-electron chi connectivity index (χ2n) is 5.04. The van der Waals surface area contributed by atoms with Gasteiger partial charge in [-0.25, -0.2) is 0 Å². The highest BCUT2D eigenvalue weighted by Gasteiger charge is 2.46. The molecule has 0 unspecified atom stereocenters. The first-order chi connectivity index (χ1) is 6.39. The average molecular weight is 282 g/mol. The minimum Gasteiger partial charge on any atom is -0.0927 e. The van der Waals surface area contributed by atoms with Gasteiger partial charge in [-0.3, -0.25) is 0 Å². The van der Waals surface area contributed by atoms with Gasteiger partial charge in [0.1, 0.15) is 0 Å². The molecule has 0 heterocycles. The van der Waals surface area contributed by atoms with E-state index in [0.717, 1.165) is 17.0 Å². The lowest BCUT2D eigenvalue weighted by atomic mass is 10.5. The van der Waals surface area contributed by atoms with Gasteiger partial charge in [-0.05, 0) is 48.0 Å². The van der Waals surface area contributed by atoms with E-state index in [0.29, 0.717) is 0 Å². The van der Waals surface area contributed by atoms with Crippen molar-refractivity contribution in [2.24, 2.45) is 0 Å². The molecule has 14 heavy (non-hydrogen) atoms. The van der Waals surface area contributed by atoms with Gasteiger partial charge in [-0.15, -0.1) is 0 Å². The Balaban J connectivity index is 4.76. The maximum Gasteiger partial charge on any atom is 0.0646 e. The quantitative estimate of drug-likeness (QED) is 0.474.